The summed E-state index contributed by atoms with van der Waals surface area (Å²) in [7, 11) is 3.98. The SMILES string of the molecule is CCCCn1c(CCC(=O)NCc2ccc(N(C)C)cc2)nc2c1c(=O)[nH]c(=O)n2CCCC. The number of aryl methyl sites for hydroxylation is 3. The van der Waals surface area contributed by atoms with E-state index in [1.54, 1.807) is 4.57 Å². The van der Waals surface area contributed by atoms with Crippen molar-refractivity contribution < 1.29 is 4.79 Å². The highest BCUT2D eigenvalue weighted by molar-refractivity contribution is 5.76. The number of unbranched alkanes of at least 4 members (excludes halogenated alkanes) is 2. The summed E-state index contributed by atoms with van der Waals surface area (Å²) in [6, 6.07) is 8.05. The topological polar surface area (TPSA) is 105 Å². The first-order valence-corrected chi connectivity index (χ1v) is 12.1. The number of aromatic nitrogens is 4. The second kappa shape index (κ2) is 11.7. The van der Waals surface area contributed by atoms with Crippen LogP contribution in [-0.2, 0) is 30.8 Å². The molecule has 1 amide bonds. The molecule has 0 aliphatic heterocycles. The number of rotatable bonds is 12. The van der Waals surface area contributed by atoms with Crippen LogP contribution >= 0.6 is 0 Å². The number of anilines is 1. The van der Waals surface area contributed by atoms with E-state index in [-0.39, 0.29) is 12.3 Å². The molecule has 0 saturated heterocycles. The van der Waals surface area contributed by atoms with Gasteiger partial charge in [-0.25, -0.2) is 9.78 Å². The molecule has 0 saturated carbocycles. The van der Waals surface area contributed by atoms with Crippen LogP contribution < -0.4 is 21.5 Å². The summed E-state index contributed by atoms with van der Waals surface area (Å²) >= 11 is 0. The molecule has 9 heteroatoms. The standard InChI is InChI=1S/C25H36N6O3/c1-5-7-15-30-20(27-23-22(30)24(33)28-25(34)31(23)16-8-6-2)13-14-21(32)26-17-18-9-11-19(12-10-18)29(3)4/h9-12H,5-8,13-17H2,1-4H3,(H,26,32)(H,28,33,34). The van der Waals surface area contributed by atoms with E-state index < -0.39 is 11.2 Å². The Morgan fingerprint density at radius 2 is 1.68 bits per heavy atom. The van der Waals surface area contributed by atoms with Gasteiger partial charge in [0.05, 0.1) is 0 Å². The van der Waals surface area contributed by atoms with Crippen LogP contribution in [0.3, 0.4) is 0 Å². The van der Waals surface area contributed by atoms with Gasteiger partial charge in [-0.2, -0.15) is 0 Å². The number of aromatic amines is 1. The van der Waals surface area contributed by atoms with Gasteiger partial charge in [-0.05, 0) is 30.5 Å². The van der Waals surface area contributed by atoms with Crippen LogP contribution in [0.25, 0.3) is 11.2 Å². The average molecular weight is 469 g/mol. The minimum Gasteiger partial charge on any atom is -0.378 e. The van der Waals surface area contributed by atoms with E-state index in [9.17, 15) is 14.4 Å². The Bertz CT molecular complexity index is 1220. The number of imidazole rings is 1. The molecule has 2 heterocycles. The van der Waals surface area contributed by atoms with E-state index in [2.05, 4.69) is 29.1 Å². The van der Waals surface area contributed by atoms with Gasteiger partial charge >= 0.3 is 5.69 Å². The van der Waals surface area contributed by atoms with Gasteiger partial charge in [0, 0.05) is 52.3 Å². The van der Waals surface area contributed by atoms with Gasteiger partial charge in [0.1, 0.15) is 5.82 Å². The summed E-state index contributed by atoms with van der Waals surface area (Å²) in [5.41, 5.74) is 2.10. The number of fused-ring (bicyclic) bond motifs is 1. The van der Waals surface area contributed by atoms with Crippen molar-refractivity contribution >= 4 is 22.8 Å². The summed E-state index contributed by atoms with van der Waals surface area (Å²) in [5.74, 6) is 0.582. The van der Waals surface area contributed by atoms with Gasteiger partial charge in [-0.3, -0.25) is 19.1 Å². The Morgan fingerprint density at radius 3 is 2.29 bits per heavy atom. The Balaban J connectivity index is 1.77. The van der Waals surface area contributed by atoms with Crippen molar-refractivity contribution in [2.45, 2.75) is 72.0 Å². The summed E-state index contributed by atoms with van der Waals surface area (Å²) in [6.45, 7) is 5.71. The first-order chi connectivity index (χ1) is 16.3. The molecular formula is C25H36N6O3. The van der Waals surface area contributed by atoms with Gasteiger partial charge in [0.15, 0.2) is 11.2 Å². The maximum absolute atomic E-state index is 12.7. The first-order valence-electron chi connectivity index (χ1n) is 12.1. The van der Waals surface area contributed by atoms with Crippen LogP contribution in [-0.4, -0.2) is 39.1 Å². The number of carbonyl (C=O) groups is 1. The zero-order valence-electron chi connectivity index (χ0n) is 20.7. The Hall–Kier alpha value is -3.36. The highest BCUT2D eigenvalue weighted by atomic mass is 16.2. The molecule has 0 spiro atoms. The molecule has 9 nitrogen and oxygen atoms in total. The molecule has 2 aromatic heterocycles. The fourth-order valence-electron chi connectivity index (χ4n) is 3.92. The molecule has 2 N–H and O–H groups in total. The second-order valence-corrected chi connectivity index (χ2v) is 8.81. The maximum Gasteiger partial charge on any atom is 0.330 e. The smallest absolute Gasteiger partial charge is 0.330 e. The number of hydrogen-bond acceptors (Lipinski definition) is 5. The molecule has 3 rings (SSSR count). The third-order valence-electron chi connectivity index (χ3n) is 5.95. The van der Waals surface area contributed by atoms with E-state index in [0.29, 0.717) is 43.0 Å². The highest BCUT2D eigenvalue weighted by Gasteiger charge is 2.19. The summed E-state index contributed by atoms with van der Waals surface area (Å²) in [4.78, 5) is 46.8. The number of benzene rings is 1. The molecule has 0 unspecified atom stereocenters. The molecule has 34 heavy (non-hydrogen) atoms. The van der Waals surface area contributed by atoms with Crippen LogP contribution in [0.2, 0.25) is 0 Å². The second-order valence-electron chi connectivity index (χ2n) is 8.81. The van der Waals surface area contributed by atoms with Crippen LogP contribution in [0.15, 0.2) is 33.9 Å². The van der Waals surface area contributed by atoms with Crippen LogP contribution in [0.1, 0.15) is 57.3 Å². The molecule has 0 fully saturated rings. The van der Waals surface area contributed by atoms with Gasteiger partial charge in [-0.15, -0.1) is 0 Å². The lowest BCUT2D eigenvalue weighted by Crippen LogP contribution is -2.31. The fraction of sp³-hybridized carbons (Fsp3) is 0.520. The maximum atomic E-state index is 12.7. The third-order valence-corrected chi connectivity index (χ3v) is 5.95. The largest absolute Gasteiger partial charge is 0.378 e. The van der Waals surface area contributed by atoms with E-state index in [1.807, 2.05) is 47.8 Å². The van der Waals surface area contributed by atoms with Crippen molar-refractivity contribution in [3.8, 4) is 0 Å². The molecule has 184 valence electrons. The molecule has 3 aromatic rings. The first kappa shape index (κ1) is 25.3. The van der Waals surface area contributed by atoms with Crippen LogP contribution in [0.5, 0.6) is 0 Å². The van der Waals surface area contributed by atoms with Gasteiger partial charge in [-0.1, -0.05) is 38.8 Å². The number of nitrogens with zero attached hydrogens (tertiary/aromatic N) is 4. The van der Waals surface area contributed by atoms with Crippen molar-refractivity contribution in [2.75, 3.05) is 19.0 Å². The molecular weight excluding hydrogens is 432 g/mol. The lowest BCUT2D eigenvalue weighted by atomic mass is 10.2. The van der Waals surface area contributed by atoms with Crippen molar-refractivity contribution in [1.29, 1.82) is 0 Å². The molecule has 0 bridgehead atoms. The summed E-state index contributed by atoms with van der Waals surface area (Å²) < 4.78 is 3.43. The minimum atomic E-state index is -0.435. The van der Waals surface area contributed by atoms with E-state index in [1.165, 1.54) is 0 Å². The number of nitrogens with one attached hydrogen (secondary N) is 2. The van der Waals surface area contributed by atoms with Gasteiger partial charge in [0.25, 0.3) is 5.56 Å². The normalized spacial score (nSPS) is 11.2. The van der Waals surface area contributed by atoms with Crippen molar-refractivity contribution in [2.24, 2.45) is 0 Å². The minimum absolute atomic E-state index is 0.0805. The van der Waals surface area contributed by atoms with Crippen molar-refractivity contribution in [3.63, 3.8) is 0 Å². The van der Waals surface area contributed by atoms with E-state index in [4.69, 9.17) is 0 Å². The zero-order chi connectivity index (χ0) is 24.7. The van der Waals surface area contributed by atoms with E-state index >= 15 is 0 Å². The molecule has 1 aromatic carbocycles. The van der Waals surface area contributed by atoms with Gasteiger partial charge in [0.2, 0.25) is 5.91 Å². The predicted molar refractivity (Wildman–Crippen MR) is 135 cm³/mol. The van der Waals surface area contributed by atoms with Crippen LogP contribution in [0, 0.1) is 0 Å². The van der Waals surface area contributed by atoms with Gasteiger partial charge < -0.3 is 14.8 Å². The van der Waals surface area contributed by atoms with Crippen molar-refractivity contribution in [1.82, 2.24) is 24.4 Å². The van der Waals surface area contributed by atoms with E-state index in [0.717, 1.165) is 36.9 Å². The number of carbonyl (C=O) groups excluding carboxylic acids is 1. The average Bonchev–Trinajstić information content (AvgIpc) is 3.18. The molecule has 0 atom stereocenters. The monoisotopic (exact) mass is 468 g/mol. The Morgan fingerprint density at radius 1 is 1.03 bits per heavy atom. The lowest BCUT2D eigenvalue weighted by molar-refractivity contribution is -0.121. The molecule has 0 aliphatic rings. The van der Waals surface area contributed by atoms with Crippen molar-refractivity contribution in [3.05, 3.63) is 56.5 Å². The van der Waals surface area contributed by atoms with Crippen LogP contribution in [0.4, 0.5) is 5.69 Å². The molecule has 0 aliphatic carbocycles. The lowest BCUT2D eigenvalue weighted by Gasteiger charge is -2.13. The Kier molecular flexibility index (Phi) is 8.67. The molecule has 0 radical (unpaired) electrons. The quantitative estimate of drug-likeness (QED) is 0.425. The summed E-state index contributed by atoms with van der Waals surface area (Å²) in [5, 5.41) is 2.96. The number of amides is 1. The number of hydrogen-bond donors (Lipinski definition) is 2. The zero-order valence-corrected chi connectivity index (χ0v) is 20.7. The Labute approximate surface area is 199 Å². The highest BCUT2D eigenvalue weighted by Crippen LogP contribution is 2.16. The predicted octanol–water partition coefficient (Wildman–Crippen LogP) is 2.80. The number of H-pyrrole nitrogens is 1. The third kappa shape index (κ3) is 5.95. The fourth-order valence-corrected chi connectivity index (χ4v) is 3.92. The summed E-state index contributed by atoms with van der Waals surface area (Å²) in [6.07, 6.45) is 4.22.